The molecule has 0 saturated carbocycles. The average Bonchev–Trinajstić information content (AvgIpc) is 3.71. The zero-order valence-corrected chi connectivity index (χ0v) is 33.8. The topological polar surface area (TPSA) is 228 Å². The van der Waals surface area contributed by atoms with Crippen LogP contribution in [0.3, 0.4) is 0 Å². The van der Waals surface area contributed by atoms with E-state index in [4.69, 9.17) is 22.7 Å². The van der Waals surface area contributed by atoms with Gasteiger partial charge in [0.1, 0.15) is 22.7 Å². The number of furan rings is 1. The molecule has 0 fully saturated rings. The van der Waals surface area contributed by atoms with E-state index in [1.165, 1.54) is 0 Å². The van der Waals surface area contributed by atoms with Gasteiger partial charge in [0.15, 0.2) is 11.5 Å². The number of phenols is 6. The molecule has 316 valence electrons. The standard InChI is InChI=1S/C51H34O13/c1-21(20-52)22(2)31-32(23(3)53)33(24-12-5-4-6-13-24)41(54)38-36-29(18-11-19-30(36)60-47(31)38)34-25-14-7-9-16-27(25)35(28-17-10-8-15-26(28)34)37-42(55)48-39-40-50(63-61-48)45(58)44(57)46(59)51(40)64-62-49(39)43(37)56/h4-19,52-59H,3,20H2,1-2H3/b22-21-. The molecule has 0 unspecified atom stereocenters. The molecule has 0 bridgehead atoms. The molecule has 0 amide bonds. The van der Waals surface area contributed by atoms with E-state index in [1.54, 1.807) is 25.1 Å². The lowest BCUT2D eigenvalue weighted by Crippen LogP contribution is -2.00. The van der Waals surface area contributed by atoms with Crippen molar-refractivity contribution >= 4 is 77.1 Å². The second-order valence-corrected chi connectivity index (χ2v) is 15.7. The summed E-state index contributed by atoms with van der Waals surface area (Å²) in [7, 11) is 0. The Balaban J connectivity index is 1.28. The Bertz CT molecular complexity index is 3700. The first-order chi connectivity index (χ1) is 30.9. The first-order valence-electron chi connectivity index (χ1n) is 20.0. The normalized spacial score (nSPS) is 12.5. The van der Waals surface area contributed by atoms with Crippen molar-refractivity contribution in [1.82, 2.24) is 0 Å². The molecule has 2 aliphatic rings. The largest absolute Gasteiger partial charge is 0.508 e. The van der Waals surface area contributed by atoms with Gasteiger partial charge in [-0.05, 0) is 69.3 Å². The molecule has 3 heterocycles. The maximum Gasteiger partial charge on any atom is 0.236 e. The lowest BCUT2D eigenvalue weighted by atomic mass is 9.83. The minimum absolute atomic E-state index is 0.114. The van der Waals surface area contributed by atoms with Crippen molar-refractivity contribution in [3.8, 4) is 79.0 Å². The molecule has 8 aromatic carbocycles. The zero-order valence-electron chi connectivity index (χ0n) is 33.8. The SMILES string of the molecule is C=C(O)c1c(-c2ccccc2)c(O)c2c(oc3cccc(-c4c5ccccc5c(-c5c(O)c6ooc7c(O)c(O)c(O)c8ooc(c5O)c6-c78)c5ccccc45)c32)c1/C(C)=C(/C)CO. The predicted molar refractivity (Wildman–Crippen MR) is 242 cm³/mol. The van der Waals surface area contributed by atoms with Crippen molar-refractivity contribution in [3.05, 3.63) is 120 Å². The van der Waals surface area contributed by atoms with Crippen LogP contribution in [-0.4, -0.2) is 47.5 Å². The van der Waals surface area contributed by atoms with Gasteiger partial charge < -0.3 is 45.3 Å². The zero-order chi connectivity index (χ0) is 44.5. The summed E-state index contributed by atoms with van der Waals surface area (Å²) in [5, 5.41) is 93.5. The van der Waals surface area contributed by atoms with E-state index < -0.39 is 39.9 Å². The molecule has 13 heteroatoms. The smallest absolute Gasteiger partial charge is 0.236 e. The van der Waals surface area contributed by atoms with Gasteiger partial charge in [-0.25, -0.2) is 0 Å². The molecule has 9 aromatic rings. The number of hydrogen-bond donors (Lipinski definition) is 8. The van der Waals surface area contributed by atoms with Crippen LogP contribution in [0.1, 0.15) is 25.0 Å². The first kappa shape index (κ1) is 38.3. The Morgan fingerprint density at radius 2 is 0.969 bits per heavy atom. The van der Waals surface area contributed by atoms with E-state index in [1.807, 2.05) is 85.8 Å². The minimum atomic E-state index is -0.966. The summed E-state index contributed by atoms with van der Waals surface area (Å²) in [6.45, 7) is 7.22. The summed E-state index contributed by atoms with van der Waals surface area (Å²) in [6.07, 6.45) is 0. The highest BCUT2D eigenvalue weighted by atomic mass is 17.0. The molecule has 13 nitrogen and oxygen atoms in total. The van der Waals surface area contributed by atoms with E-state index in [2.05, 4.69) is 6.58 Å². The summed E-state index contributed by atoms with van der Waals surface area (Å²) in [5.41, 5.74) is 3.32. The van der Waals surface area contributed by atoms with Gasteiger partial charge in [0.2, 0.25) is 39.6 Å². The number of rotatable bonds is 6. The number of fused-ring (bicyclic) bond motifs is 5. The quantitative estimate of drug-likeness (QED) is 0.0256. The Morgan fingerprint density at radius 3 is 1.48 bits per heavy atom. The molecular formula is C51H34O13. The van der Waals surface area contributed by atoms with Crippen molar-refractivity contribution in [2.75, 3.05) is 6.61 Å². The molecule has 0 atom stereocenters. The third-order valence-electron chi connectivity index (χ3n) is 12.3. The second-order valence-electron chi connectivity index (χ2n) is 15.7. The summed E-state index contributed by atoms with van der Waals surface area (Å²) in [4.78, 5) is 0. The van der Waals surface area contributed by atoms with Crippen molar-refractivity contribution in [2.24, 2.45) is 0 Å². The van der Waals surface area contributed by atoms with Crippen LogP contribution in [0.15, 0.2) is 132 Å². The summed E-state index contributed by atoms with van der Waals surface area (Å²) < 4.78 is 28.5. The first-order valence-corrected chi connectivity index (χ1v) is 20.0. The van der Waals surface area contributed by atoms with Crippen LogP contribution < -0.4 is 0 Å². The van der Waals surface area contributed by atoms with Crippen LogP contribution in [0.5, 0.6) is 34.5 Å². The van der Waals surface area contributed by atoms with Crippen LogP contribution in [0.25, 0.3) is 122 Å². The Labute approximate surface area is 359 Å². The Hall–Kier alpha value is -8.68. The van der Waals surface area contributed by atoms with Crippen LogP contribution >= 0.6 is 0 Å². The van der Waals surface area contributed by atoms with Gasteiger partial charge in [-0.15, -0.1) is 0 Å². The number of hydrogen-bond acceptors (Lipinski definition) is 13. The predicted octanol–water partition coefficient (Wildman–Crippen LogP) is 12.8. The number of aliphatic hydroxyl groups is 2. The van der Waals surface area contributed by atoms with Crippen molar-refractivity contribution in [3.63, 3.8) is 0 Å². The van der Waals surface area contributed by atoms with Gasteiger partial charge in [0.05, 0.1) is 28.7 Å². The summed E-state index contributed by atoms with van der Waals surface area (Å²) in [5.74, 6) is -4.34. The Kier molecular flexibility index (Phi) is 8.17. The van der Waals surface area contributed by atoms with Crippen LogP contribution in [-0.2, 0) is 0 Å². The molecule has 64 heavy (non-hydrogen) atoms. The number of benzene rings is 8. The van der Waals surface area contributed by atoms with Crippen LogP contribution in [0, 0.1) is 0 Å². The maximum atomic E-state index is 12.6. The molecule has 11 rings (SSSR count). The maximum absolute atomic E-state index is 12.6. The monoisotopic (exact) mass is 854 g/mol. The number of allylic oxidation sites excluding steroid dienone is 1. The lowest BCUT2D eigenvalue weighted by molar-refractivity contribution is 0.0718. The summed E-state index contributed by atoms with van der Waals surface area (Å²) in [6, 6.07) is 29.4. The fourth-order valence-corrected chi connectivity index (χ4v) is 9.32. The third-order valence-corrected chi connectivity index (χ3v) is 12.3. The molecule has 0 aliphatic carbocycles. The second kappa shape index (κ2) is 13.7. The number of aliphatic hydroxyl groups excluding tert-OH is 2. The van der Waals surface area contributed by atoms with Crippen molar-refractivity contribution < 1.29 is 63.6 Å². The third kappa shape index (κ3) is 4.97. The van der Waals surface area contributed by atoms with E-state index in [-0.39, 0.29) is 57.1 Å². The number of phenolic OH excluding ortho intramolecular Hbond substituents is 6. The van der Waals surface area contributed by atoms with E-state index in [0.29, 0.717) is 82.4 Å². The van der Waals surface area contributed by atoms with E-state index >= 15 is 0 Å². The highest BCUT2D eigenvalue weighted by molar-refractivity contribution is 6.29. The fourth-order valence-electron chi connectivity index (χ4n) is 9.32. The fraction of sp³-hybridized carbons (Fsp3) is 0.0588. The molecule has 0 spiro atoms. The van der Waals surface area contributed by atoms with Crippen LogP contribution in [0.4, 0.5) is 0 Å². The molecule has 0 radical (unpaired) electrons. The van der Waals surface area contributed by atoms with Gasteiger partial charge in [0.25, 0.3) is 0 Å². The van der Waals surface area contributed by atoms with Gasteiger partial charge in [0, 0.05) is 27.6 Å². The van der Waals surface area contributed by atoms with Gasteiger partial charge >= 0.3 is 0 Å². The number of aromatic hydroxyl groups is 6. The van der Waals surface area contributed by atoms with E-state index in [9.17, 15) is 40.9 Å². The van der Waals surface area contributed by atoms with Crippen molar-refractivity contribution in [2.45, 2.75) is 13.8 Å². The Morgan fingerprint density at radius 1 is 0.469 bits per heavy atom. The molecule has 0 saturated heterocycles. The molecule has 2 aliphatic heterocycles. The van der Waals surface area contributed by atoms with Gasteiger partial charge in [-0.1, -0.05) is 97.6 Å². The van der Waals surface area contributed by atoms with Crippen molar-refractivity contribution in [1.29, 1.82) is 0 Å². The van der Waals surface area contributed by atoms with Crippen LogP contribution in [0.2, 0.25) is 0 Å². The van der Waals surface area contributed by atoms with Gasteiger partial charge in [-0.3, -0.25) is 18.3 Å². The minimum Gasteiger partial charge on any atom is -0.508 e. The van der Waals surface area contributed by atoms with Gasteiger partial charge in [-0.2, -0.15) is 0 Å². The highest BCUT2D eigenvalue weighted by Gasteiger charge is 2.37. The highest BCUT2D eigenvalue weighted by Crippen LogP contribution is 2.60. The van der Waals surface area contributed by atoms with E-state index in [0.717, 1.165) is 0 Å². The lowest BCUT2D eigenvalue weighted by Gasteiger charge is -2.21. The summed E-state index contributed by atoms with van der Waals surface area (Å²) >= 11 is 0. The molecule has 1 aromatic heterocycles. The average molecular weight is 855 g/mol. The molecule has 8 N–H and O–H groups in total. The molecular weight excluding hydrogens is 821 g/mol.